The molecule has 0 bridgehead atoms. The van der Waals surface area contributed by atoms with Gasteiger partial charge in [0.1, 0.15) is 18.0 Å². The average Bonchev–Trinajstić information content (AvgIpc) is 3.39. The Hall–Kier alpha value is -4.91. The van der Waals surface area contributed by atoms with E-state index in [1.165, 1.54) is 5.56 Å². The molecule has 1 atom stereocenters. The third-order valence-electron chi connectivity index (χ3n) is 7.03. The largest absolute Gasteiger partial charge is 0.496 e. The molecule has 188 valence electrons. The minimum atomic E-state index is -0.337. The molecule has 0 fully saturated rings. The number of aromatic nitrogens is 2. The van der Waals surface area contributed by atoms with Crippen molar-refractivity contribution in [3.8, 4) is 17.1 Å². The first-order valence-electron chi connectivity index (χ1n) is 12.5. The number of carbonyl (C=O) groups excluding carboxylic acids is 2. The molecule has 0 saturated carbocycles. The molecule has 4 aromatic carbocycles. The number of rotatable bonds is 5. The van der Waals surface area contributed by atoms with Gasteiger partial charge < -0.3 is 14.6 Å². The van der Waals surface area contributed by atoms with Gasteiger partial charge in [-0.1, -0.05) is 60.7 Å². The second-order valence-corrected chi connectivity index (χ2v) is 9.26. The van der Waals surface area contributed by atoms with Crippen molar-refractivity contribution in [2.75, 3.05) is 17.3 Å². The third kappa shape index (κ3) is 3.98. The number of hydrogen-bond acceptors (Lipinski definition) is 4. The van der Waals surface area contributed by atoms with Gasteiger partial charge in [-0.2, -0.15) is 0 Å². The fraction of sp³-hybridized carbons (Fsp3) is 0.129. The minimum Gasteiger partial charge on any atom is -0.496 e. The smallest absolute Gasteiger partial charge is 0.241 e. The average molecular weight is 503 g/mol. The Bertz CT molecular complexity index is 1680. The predicted octanol–water partition coefficient (Wildman–Crippen LogP) is 6.33. The summed E-state index contributed by atoms with van der Waals surface area (Å²) < 4.78 is 7.92. The summed E-state index contributed by atoms with van der Waals surface area (Å²) in [5.41, 5.74) is 3.82. The molecule has 1 aliphatic heterocycles. The van der Waals surface area contributed by atoms with E-state index in [0.717, 1.165) is 22.2 Å². The van der Waals surface area contributed by atoms with Crippen LogP contribution in [0.4, 0.5) is 17.1 Å². The molecular formula is C31H26N4O3. The fourth-order valence-electron chi connectivity index (χ4n) is 5.13. The van der Waals surface area contributed by atoms with Crippen molar-refractivity contribution >= 4 is 39.6 Å². The van der Waals surface area contributed by atoms with Crippen molar-refractivity contribution in [1.29, 1.82) is 0 Å². The number of carbonyl (C=O) groups is 2. The highest BCUT2D eigenvalue weighted by atomic mass is 16.5. The molecule has 1 unspecified atom stereocenters. The number of hydrogen-bond donors (Lipinski definition) is 1. The summed E-state index contributed by atoms with van der Waals surface area (Å²) in [7, 11) is 1.60. The molecule has 38 heavy (non-hydrogen) atoms. The molecule has 1 aromatic heterocycles. The maximum Gasteiger partial charge on any atom is 0.241 e. The Balaban J connectivity index is 1.45. The van der Waals surface area contributed by atoms with Crippen molar-refractivity contribution in [3.05, 3.63) is 103 Å². The summed E-state index contributed by atoms with van der Waals surface area (Å²) in [6.45, 7) is 2.13. The summed E-state index contributed by atoms with van der Waals surface area (Å²) >= 11 is 0. The van der Waals surface area contributed by atoms with Crippen LogP contribution in [0.5, 0.6) is 5.75 Å². The van der Waals surface area contributed by atoms with Crippen LogP contribution >= 0.6 is 0 Å². The van der Waals surface area contributed by atoms with Gasteiger partial charge >= 0.3 is 0 Å². The van der Waals surface area contributed by atoms with E-state index in [-0.39, 0.29) is 24.3 Å². The summed E-state index contributed by atoms with van der Waals surface area (Å²) in [6, 6.07) is 27.5. The highest BCUT2D eigenvalue weighted by molar-refractivity contribution is 6.21. The number of amides is 2. The van der Waals surface area contributed by atoms with Gasteiger partial charge in [0.05, 0.1) is 35.8 Å². The molecule has 1 aliphatic rings. The van der Waals surface area contributed by atoms with Gasteiger partial charge in [0, 0.05) is 23.8 Å². The lowest BCUT2D eigenvalue weighted by atomic mass is 10.1. The van der Waals surface area contributed by atoms with Crippen molar-refractivity contribution < 1.29 is 14.3 Å². The molecule has 5 aromatic rings. The van der Waals surface area contributed by atoms with Gasteiger partial charge in [-0.05, 0) is 36.1 Å². The Morgan fingerprint density at radius 1 is 0.947 bits per heavy atom. The number of benzene rings is 4. The molecule has 2 heterocycles. The normalized spacial score (nSPS) is 14.1. The number of imidazole rings is 1. The lowest BCUT2D eigenvalue weighted by Gasteiger charge is -2.24. The van der Waals surface area contributed by atoms with Crippen LogP contribution in [-0.2, 0) is 9.59 Å². The first-order chi connectivity index (χ1) is 18.5. The van der Waals surface area contributed by atoms with E-state index in [0.29, 0.717) is 22.8 Å². The van der Waals surface area contributed by atoms with E-state index in [9.17, 15) is 9.59 Å². The van der Waals surface area contributed by atoms with Crippen molar-refractivity contribution in [2.24, 2.45) is 0 Å². The first kappa shape index (κ1) is 23.5. The van der Waals surface area contributed by atoms with Crippen LogP contribution in [0.25, 0.3) is 22.2 Å². The SMILES string of the molecule is COc1cc(N2C(=O)CC(=O)Nc3c2ccc2ccccc32)ccc1-c1nccn1C(C)c1ccccc1. The van der Waals surface area contributed by atoms with Crippen molar-refractivity contribution in [2.45, 2.75) is 19.4 Å². The topological polar surface area (TPSA) is 76.5 Å². The van der Waals surface area contributed by atoms with Crippen LogP contribution in [0.15, 0.2) is 97.3 Å². The molecular weight excluding hydrogens is 476 g/mol. The number of methoxy groups -OCH3 is 1. The fourth-order valence-corrected chi connectivity index (χ4v) is 5.13. The molecule has 7 heteroatoms. The molecule has 6 rings (SSSR count). The Morgan fingerprint density at radius 3 is 2.55 bits per heavy atom. The maximum absolute atomic E-state index is 13.3. The summed E-state index contributed by atoms with van der Waals surface area (Å²) in [6.07, 6.45) is 3.47. The lowest BCUT2D eigenvalue weighted by Crippen LogP contribution is -2.26. The minimum absolute atomic E-state index is 0.0579. The van der Waals surface area contributed by atoms with Gasteiger partial charge in [-0.15, -0.1) is 0 Å². The van der Waals surface area contributed by atoms with Gasteiger partial charge in [-0.3, -0.25) is 14.5 Å². The van der Waals surface area contributed by atoms with Crippen molar-refractivity contribution in [1.82, 2.24) is 9.55 Å². The lowest BCUT2D eigenvalue weighted by molar-refractivity contribution is -0.124. The van der Waals surface area contributed by atoms with Crippen LogP contribution in [0.2, 0.25) is 0 Å². The third-order valence-corrected chi connectivity index (χ3v) is 7.03. The summed E-state index contributed by atoms with van der Waals surface area (Å²) in [4.78, 5) is 32.2. The van der Waals surface area contributed by atoms with Gasteiger partial charge in [-0.25, -0.2) is 4.98 Å². The Labute approximate surface area is 220 Å². The molecule has 7 nitrogen and oxygen atoms in total. The van der Waals surface area contributed by atoms with Gasteiger partial charge in [0.15, 0.2) is 0 Å². The molecule has 1 N–H and O–H groups in total. The Kier molecular flexibility index (Phi) is 5.88. The quantitative estimate of drug-likeness (QED) is 0.285. The molecule has 0 radical (unpaired) electrons. The first-order valence-corrected chi connectivity index (χ1v) is 12.5. The van der Waals surface area contributed by atoms with Crippen molar-refractivity contribution in [3.63, 3.8) is 0 Å². The number of fused-ring (bicyclic) bond motifs is 3. The molecule has 0 spiro atoms. The molecule has 0 aliphatic carbocycles. The zero-order valence-electron chi connectivity index (χ0n) is 21.1. The van der Waals surface area contributed by atoms with Crippen LogP contribution in [0, 0.1) is 0 Å². The van der Waals surface area contributed by atoms with Gasteiger partial charge in [0.2, 0.25) is 11.8 Å². The molecule has 0 saturated heterocycles. The second-order valence-electron chi connectivity index (χ2n) is 9.26. The van der Waals surface area contributed by atoms with Crippen LogP contribution in [0.3, 0.4) is 0 Å². The van der Waals surface area contributed by atoms with E-state index in [1.807, 2.05) is 79.0 Å². The zero-order chi connectivity index (χ0) is 26.2. The van der Waals surface area contributed by atoms with Crippen LogP contribution in [-0.4, -0.2) is 28.5 Å². The van der Waals surface area contributed by atoms with E-state index in [1.54, 1.807) is 18.2 Å². The number of ether oxygens (including phenoxy) is 1. The standard InChI is InChI=1S/C31H26N4O3/c1-20(21-8-4-3-5-9-21)34-17-16-32-31(34)25-14-13-23(18-27(25)38-2)35-26-15-12-22-10-6-7-11-24(22)30(26)33-28(36)19-29(35)37/h3-18,20H,19H2,1-2H3,(H,33,36). The Morgan fingerprint density at radius 2 is 1.74 bits per heavy atom. The van der Waals surface area contributed by atoms with Crippen LogP contribution < -0.4 is 15.0 Å². The maximum atomic E-state index is 13.3. The summed E-state index contributed by atoms with van der Waals surface area (Å²) in [5, 5.41) is 4.80. The number of anilines is 3. The summed E-state index contributed by atoms with van der Waals surface area (Å²) in [5.74, 6) is 0.685. The van der Waals surface area contributed by atoms with E-state index in [4.69, 9.17) is 4.74 Å². The number of nitrogens with zero attached hydrogens (tertiary/aromatic N) is 3. The zero-order valence-corrected chi connectivity index (χ0v) is 21.1. The van der Waals surface area contributed by atoms with E-state index in [2.05, 4.69) is 33.9 Å². The van der Waals surface area contributed by atoms with E-state index < -0.39 is 0 Å². The highest BCUT2D eigenvalue weighted by Crippen LogP contribution is 2.42. The van der Waals surface area contributed by atoms with Crippen LogP contribution in [0.1, 0.15) is 24.9 Å². The number of nitrogens with one attached hydrogen (secondary N) is 1. The monoisotopic (exact) mass is 502 g/mol. The predicted molar refractivity (Wildman–Crippen MR) is 149 cm³/mol. The second kappa shape index (κ2) is 9.52. The molecule has 2 amide bonds. The van der Waals surface area contributed by atoms with E-state index >= 15 is 0 Å². The van der Waals surface area contributed by atoms with Gasteiger partial charge in [0.25, 0.3) is 0 Å². The highest BCUT2D eigenvalue weighted by Gasteiger charge is 2.29.